The second-order valence-electron chi connectivity index (χ2n) is 6.23. The fourth-order valence-electron chi connectivity index (χ4n) is 3.21. The predicted molar refractivity (Wildman–Crippen MR) is 78.2 cm³/mol. The van der Waals surface area contributed by atoms with Crippen molar-refractivity contribution in [3.05, 3.63) is 35.2 Å². The number of H-pyrrole nitrogens is 2. The van der Waals surface area contributed by atoms with E-state index in [9.17, 15) is 4.79 Å². The second-order valence-corrected chi connectivity index (χ2v) is 6.23. The van der Waals surface area contributed by atoms with Crippen LogP contribution in [-0.2, 0) is 16.7 Å². The van der Waals surface area contributed by atoms with Gasteiger partial charge in [-0.2, -0.15) is 5.10 Å². The van der Waals surface area contributed by atoms with E-state index in [2.05, 4.69) is 25.5 Å². The van der Waals surface area contributed by atoms with Crippen LogP contribution in [-0.4, -0.2) is 32.2 Å². The summed E-state index contributed by atoms with van der Waals surface area (Å²) in [7, 11) is 0. The number of ether oxygens (including phenoxy) is 1. The van der Waals surface area contributed by atoms with Crippen molar-refractivity contribution >= 4 is 5.91 Å². The normalized spacial score (nSPS) is 25.5. The van der Waals surface area contributed by atoms with Crippen molar-refractivity contribution in [1.82, 2.24) is 25.5 Å². The third-order valence-electron chi connectivity index (χ3n) is 4.50. The van der Waals surface area contributed by atoms with Crippen LogP contribution in [0.15, 0.2) is 12.4 Å². The molecule has 1 aliphatic heterocycles. The Morgan fingerprint density at radius 1 is 1.45 bits per heavy atom. The van der Waals surface area contributed by atoms with Gasteiger partial charge in [-0.15, -0.1) is 0 Å². The minimum Gasteiger partial charge on any atom is -0.369 e. The number of hydrogen-bond donors (Lipinski definition) is 3. The molecule has 2 aromatic rings. The maximum atomic E-state index is 12.7. The van der Waals surface area contributed by atoms with Crippen LogP contribution in [0.4, 0.5) is 0 Å². The molecule has 1 fully saturated rings. The predicted octanol–water partition coefficient (Wildman–Crippen LogP) is 1.57. The summed E-state index contributed by atoms with van der Waals surface area (Å²) in [5.41, 5.74) is 2.01. The zero-order chi connectivity index (χ0) is 15.3. The quantitative estimate of drug-likeness (QED) is 0.802. The van der Waals surface area contributed by atoms with Gasteiger partial charge in [0.25, 0.3) is 5.91 Å². The Balaban J connectivity index is 1.60. The second kappa shape index (κ2) is 4.67. The average molecular weight is 301 g/mol. The Bertz CT molecular complexity index is 702. The Morgan fingerprint density at radius 3 is 2.95 bits per heavy atom. The molecule has 7 heteroatoms. The SMILES string of the molecule is C[C@@H]1Cc2c(C(=O)NC3(c4ncc[nH]4)CC3)n[nH]c2[C@H](C)O1. The number of aromatic nitrogens is 4. The molecular formula is C15H19N5O2. The van der Waals surface area contributed by atoms with Crippen molar-refractivity contribution in [1.29, 1.82) is 0 Å². The highest BCUT2D eigenvalue weighted by Gasteiger charge is 2.48. The lowest BCUT2D eigenvalue weighted by Gasteiger charge is -2.25. The van der Waals surface area contributed by atoms with Crippen molar-refractivity contribution in [3.63, 3.8) is 0 Å². The summed E-state index contributed by atoms with van der Waals surface area (Å²) in [4.78, 5) is 20.0. The van der Waals surface area contributed by atoms with Crippen LogP contribution in [0.3, 0.4) is 0 Å². The largest absolute Gasteiger partial charge is 0.369 e. The van der Waals surface area contributed by atoms with Gasteiger partial charge in [-0.25, -0.2) is 4.98 Å². The van der Waals surface area contributed by atoms with Crippen LogP contribution in [0.25, 0.3) is 0 Å². The molecule has 2 atom stereocenters. The lowest BCUT2D eigenvalue weighted by molar-refractivity contribution is -0.00697. The number of aromatic amines is 2. The summed E-state index contributed by atoms with van der Waals surface area (Å²) in [6.45, 7) is 3.99. The minimum absolute atomic E-state index is 0.0623. The summed E-state index contributed by atoms with van der Waals surface area (Å²) in [6, 6.07) is 0. The van der Waals surface area contributed by atoms with E-state index in [0.29, 0.717) is 12.1 Å². The summed E-state index contributed by atoms with van der Waals surface area (Å²) in [6.07, 6.45) is 6.01. The molecule has 22 heavy (non-hydrogen) atoms. The number of imidazole rings is 1. The van der Waals surface area contributed by atoms with E-state index in [-0.39, 0.29) is 23.7 Å². The molecule has 3 heterocycles. The summed E-state index contributed by atoms with van der Waals surface area (Å²) in [5, 5.41) is 10.3. The fourth-order valence-corrected chi connectivity index (χ4v) is 3.21. The third-order valence-corrected chi connectivity index (χ3v) is 4.50. The zero-order valence-corrected chi connectivity index (χ0v) is 12.6. The van der Waals surface area contributed by atoms with Crippen LogP contribution in [0, 0.1) is 0 Å². The topological polar surface area (TPSA) is 95.7 Å². The number of carbonyl (C=O) groups is 1. The average Bonchev–Trinajstić information content (AvgIpc) is 2.93. The van der Waals surface area contributed by atoms with E-state index < -0.39 is 0 Å². The molecule has 0 spiro atoms. The summed E-state index contributed by atoms with van der Waals surface area (Å²) < 4.78 is 5.76. The number of carbonyl (C=O) groups excluding carboxylic acids is 1. The molecule has 2 aliphatic rings. The molecule has 2 aromatic heterocycles. The maximum absolute atomic E-state index is 12.7. The molecule has 1 saturated carbocycles. The molecule has 4 rings (SSSR count). The van der Waals surface area contributed by atoms with Gasteiger partial charge in [0, 0.05) is 24.4 Å². The Hall–Kier alpha value is -2.15. The van der Waals surface area contributed by atoms with Crippen molar-refractivity contribution in [3.8, 4) is 0 Å². The standard InChI is InChI=1S/C15H19N5O2/c1-8-7-10-11(9(2)22-8)19-20-12(10)13(21)18-15(3-4-15)14-16-5-6-17-14/h5-6,8-9H,3-4,7H2,1-2H3,(H,16,17)(H,18,21)(H,19,20)/t8-,9+/m1/s1. The number of hydrogen-bond acceptors (Lipinski definition) is 4. The van der Waals surface area contributed by atoms with E-state index in [0.717, 1.165) is 29.9 Å². The maximum Gasteiger partial charge on any atom is 0.272 e. The molecule has 1 amide bonds. The van der Waals surface area contributed by atoms with Gasteiger partial charge in [-0.1, -0.05) is 0 Å². The first kappa shape index (κ1) is 13.5. The monoisotopic (exact) mass is 301 g/mol. The summed E-state index contributed by atoms with van der Waals surface area (Å²) >= 11 is 0. The first-order valence-corrected chi connectivity index (χ1v) is 7.64. The van der Waals surface area contributed by atoms with Gasteiger partial charge < -0.3 is 15.0 Å². The molecule has 0 bridgehead atoms. The van der Waals surface area contributed by atoms with Crippen LogP contribution in [0.5, 0.6) is 0 Å². The Morgan fingerprint density at radius 2 is 2.27 bits per heavy atom. The number of nitrogens with one attached hydrogen (secondary N) is 3. The molecule has 1 aliphatic carbocycles. The highest BCUT2D eigenvalue weighted by Crippen LogP contribution is 2.44. The van der Waals surface area contributed by atoms with Crippen molar-refractivity contribution in [2.75, 3.05) is 0 Å². The smallest absolute Gasteiger partial charge is 0.272 e. The van der Waals surface area contributed by atoms with Crippen LogP contribution < -0.4 is 5.32 Å². The molecule has 0 saturated heterocycles. The van der Waals surface area contributed by atoms with Gasteiger partial charge in [0.05, 0.1) is 23.4 Å². The summed E-state index contributed by atoms with van der Waals surface area (Å²) in [5.74, 6) is 0.669. The highest BCUT2D eigenvalue weighted by molar-refractivity contribution is 5.94. The number of rotatable bonds is 3. The van der Waals surface area contributed by atoms with E-state index in [1.807, 2.05) is 13.8 Å². The minimum atomic E-state index is -0.352. The van der Waals surface area contributed by atoms with Crippen LogP contribution in [0.2, 0.25) is 0 Å². The van der Waals surface area contributed by atoms with Crippen molar-refractivity contribution in [2.45, 2.75) is 50.9 Å². The molecular weight excluding hydrogens is 282 g/mol. The number of fused-ring (bicyclic) bond motifs is 1. The van der Waals surface area contributed by atoms with E-state index >= 15 is 0 Å². The van der Waals surface area contributed by atoms with Crippen LogP contribution in [0.1, 0.15) is 60.4 Å². The lowest BCUT2D eigenvalue weighted by Crippen LogP contribution is -2.36. The molecule has 3 N–H and O–H groups in total. The van der Waals surface area contributed by atoms with Crippen LogP contribution >= 0.6 is 0 Å². The highest BCUT2D eigenvalue weighted by atomic mass is 16.5. The van der Waals surface area contributed by atoms with E-state index in [4.69, 9.17) is 4.74 Å². The van der Waals surface area contributed by atoms with Gasteiger partial charge >= 0.3 is 0 Å². The van der Waals surface area contributed by atoms with Crippen molar-refractivity contribution < 1.29 is 9.53 Å². The number of nitrogens with zero attached hydrogens (tertiary/aromatic N) is 2. The van der Waals surface area contributed by atoms with Crippen molar-refractivity contribution in [2.24, 2.45) is 0 Å². The van der Waals surface area contributed by atoms with E-state index in [1.165, 1.54) is 0 Å². The van der Waals surface area contributed by atoms with Gasteiger partial charge in [0.2, 0.25) is 0 Å². The lowest BCUT2D eigenvalue weighted by atomic mass is 9.99. The third kappa shape index (κ3) is 2.04. The molecule has 0 radical (unpaired) electrons. The van der Waals surface area contributed by atoms with E-state index in [1.54, 1.807) is 12.4 Å². The zero-order valence-electron chi connectivity index (χ0n) is 12.6. The molecule has 0 aromatic carbocycles. The Labute approximate surface area is 127 Å². The number of amides is 1. The molecule has 116 valence electrons. The van der Waals surface area contributed by atoms with Gasteiger partial charge in [0.1, 0.15) is 5.82 Å². The first-order chi connectivity index (χ1) is 10.6. The molecule has 0 unspecified atom stereocenters. The molecule has 7 nitrogen and oxygen atoms in total. The van der Waals surface area contributed by atoms with Gasteiger partial charge in [-0.05, 0) is 26.7 Å². The first-order valence-electron chi connectivity index (χ1n) is 7.64. The van der Waals surface area contributed by atoms with Gasteiger partial charge in [0.15, 0.2) is 5.69 Å². The van der Waals surface area contributed by atoms with Gasteiger partial charge in [-0.3, -0.25) is 9.89 Å². The Kier molecular flexibility index (Phi) is 2.87. The fraction of sp³-hybridized carbons (Fsp3) is 0.533.